The van der Waals surface area contributed by atoms with Crippen molar-refractivity contribution in [2.24, 2.45) is 27.6 Å². The first-order chi connectivity index (χ1) is 38.5. The first kappa shape index (κ1) is 55.7. The van der Waals surface area contributed by atoms with Crippen molar-refractivity contribution in [3.8, 4) is 28.7 Å². The van der Waals surface area contributed by atoms with Gasteiger partial charge >= 0.3 is 0 Å². The number of hydrogen-bond donors (Lipinski definition) is 3. The minimum absolute atomic E-state index is 0.127. The van der Waals surface area contributed by atoms with Crippen LogP contribution in [-0.4, -0.2) is 127 Å². The standard InChI is InChI=1S/C60H64N8O12/c1-34(2)56(48(13-7-8-14-53(61)69)68-54(70)19-20-55(68)71)58(73)64-35(3)57(72)65-40-12-9-11-37(23-40)39-25-42-31-63-47-29-52(50(78-6)27-45(47)60(75)67(42)33-39)80-22-10-21-79-51-28-46-44(26-49(51)77-5)59(74)66-32-38(24-41(66)30-62-46)36-15-17-43(76-4)18-16-36/h9,11-12,15-20,23,26-35,41-42,48,56H,7-8,10,13-14,21-22,24-25H2,1-6H3,(H2,61,69)(H,64,73)(H,65,72)/t35-,41-,42-,48?,56-/m0/s1. The second-order valence-electron chi connectivity index (χ2n) is 20.4. The van der Waals surface area contributed by atoms with Gasteiger partial charge in [0.25, 0.3) is 23.6 Å². The number of hydrogen-bond acceptors (Lipinski definition) is 14. The Kier molecular flexibility index (Phi) is 16.9. The zero-order chi connectivity index (χ0) is 56.8. The Labute approximate surface area is 463 Å². The molecule has 20 heteroatoms. The topological polar surface area (TPSA) is 250 Å². The van der Waals surface area contributed by atoms with Gasteiger partial charge in [0.05, 0.1) is 81.1 Å². The molecule has 5 heterocycles. The second-order valence-corrected chi connectivity index (χ2v) is 20.4. The average Bonchev–Trinajstić information content (AvgIpc) is 4.25. The molecule has 5 aliphatic rings. The largest absolute Gasteiger partial charge is 0.497 e. The van der Waals surface area contributed by atoms with Crippen LogP contribution < -0.4 is 40.1 Å². The zero-order valence-corrected chi connectivity index (χ0v) is 45.4. The van der Waals surface area contributed by atoms with Crippen LogP contribution in [0, 0.1) is 11.8 Å². The summed E-state index contributed by atoms with van der Waals surface area (Å²) in [5.41, 5.74) is 11.0. The Morgan fingerprint density at radius 3 is 1.75 bits per heavy atom. The molecule has 0 aliphatic carbocycles. The first-order valence-electron chi connectivity index (χ1n) is 26.6. The fourth-order valence-corrected chi connectivity index (χ4v) is 10.6. The van der Waals surface area contributed by atoms with Crippen LogP contribution in [0.3, 0.4) is 0 Å². The number of benzene rings is 4. The number of imide groups is 1. The predicted octanol–water partition coefficient (Wildman–Crippen LogP) is 7.56. The normalized spacial score (nSPS) is 18.1. The van der Waals surface area contributed by atoms with Crippen molar-refractivity contribution in [1.29, 1.82) is 0 Å². The van der Waals surface area contributed by atoms with Crippen molar-refractivity contribution in [3.05, 3.63) is 120 Å². The van der Waals surface area contributed by atoms with E-state index in [9.17, 15) is 33.6 Å². The third-order valence-corrected chi connectivity index (χ3v) is 14.7. The molecule has 0 aromatic heterocycles. The minimum Gasteiger partial charge on any atom is -0.497 e. The summed E-state index contributed by atoms with van der Waals surface area (Å²) in [6.45, 7) is 5.64. The molecule has 5 aliphatic heterocycles. The van der Waals surface area contributed by atoms with Crippen molar-refractivity contribution >= 4 is 82.0 Å². The highest BCUT2D eigenvalue weighted by Crippen LogP contribution is 2.42. The smallest absolute Gasteiger partial charge is 0.260 e. The van der Waals surface area contributed by atoms with E-state index in [2.05, 4.69) is 10.6 Å². The van der Waals surface area contributed by atoms with Gasteiger partial charge in [-0.05, 0) is 84.4 Å². The van der Waals surface area contributed by atoms with Gasteiger partial charge in [-0.3, -0.25) is 48.4 Å². The number of methoxy groups -OCH3 is 3. The lowest BCUT2D eigenvalue weighted by molar-refractivity contribution is -0.144. The Balaban J connectivity index is 0.795. The van der Waals surface area contributed by atoms with E-state index < -0.39 is 53.6 Å². The molecular weight excluding hydrogens is 1020 g/mol. The fraction of sp³-hybridized carbons (Fsp3) is 0.350. The summed E-state index contributed by atoms with van der Waals surface area (Å²) in [5.74, 6) is -1.87. The quantitative estimate of drug-likeness (QED) is 0.0481. The van der Waals surface area contributed by atoms with Gasteiger partial charge in [-0.1, -0.05) is 44.5 Å². The first-order valence-corrected chi connectivity index (χ1v) is 26.6. The average molecular weight is 1090 g/mol. The van der Waals surface area contributed by atoms with Crippen LogP contribution in [0.25, 0.3) is 11.1 Å². The molecule has 4 aromatic carbocycles. The maximum absolute atomic E-state index is 14.2. The number of primary amides is 1. The van der Waals surface area contributed by atoms with Gasteiger partial charge in [-0.25, -0.2) is 0 Å². The number of carbonyl (C=O) groups is 7. The fourth-order valence-electron chi connectivity index (χ4n) is 10.6. The van der Waals surface area contributed by atoms with Gasteiger partial charge in [-0.15, -0.1) is 0 Å². The monoisotopic (exact) mass is 1090 g/mol. The number of nitrogens with two attached hydrogens (primary N) is 1. The van der Waals surface area contributed by atoms with Gasteiger partial charge in [0.2, 0.25) is 17.7 Å². The van der Waals surface area contributed by atoms with Gasteiger partial charge < -0.3 is 49.9 Å². The summed E-state index contributed by atoms with van der Waals surface area (Å²) in [5, 5.41) is 5.68. The van der Waals surface area contributed by atoms with Gasteiger partial charge in [0.15, 0.2) is 23.0 Å². The molecule has 416 valence electrons. The second kappa shape index (κ2) is 24.3. The van der Waals surface area contributed by atoms with Crippen molar-refractivity contribution in [3.63, 3.8) is 0 Å². The van der Waals surface area contributed by atoms with Crippen LogP contribution in [0.15, 0.2) is 107 Å². The van der Waals surface area contributed by atoms with Crippen molar-refractivity contribution in [2.75, 3.05) is 39.9 Å². The molecule has 0 bridgehead atoms. The molecule has 5 atom stereocenters. The maximum atomic E-state index is 14.2. The molecule has 0 saturated heterocycles. The van der Waals surface area contributed by atoms with Gasteiger partial charge in [0.1, 0.15) is 11.8 Å². The molecule has 9 rings (SSSR count). The molecule has 20 nitrogen and oxygen atoms in total. The minimum atomic E-state index is -1.01. The number of aliphatic imine (C=N–C) groups is 2. The molecule has 4 N–H and O–H groups in total. The van der Waals surface area contributed by atoms with Crippen molar-refractivity contribution in [1.82, 2.24) is 20.0 Å². The molecule has 7 amide bonds. The predicted molar refractivity (Wildman–Crippen MR) is 299 cm³/mol. The van der Waals surface area contributed by atoms with Gasteiger partial charge in [0, 0.05) is 80.5 Å². The lowest BCUT2D eigenvalue weighted by Gasteiger charge is -2.35. The Hall–Kier alpha value is -9.07. The summed E-state index contributed by atoms with van der Waals surface area (Å²) in [6.07, 6.45) is 12.3. The van der Waals surface area contributed by atoms with Crippen LogP contribution in [0.4, 0.5) is 17.1 Å². The molecular formula is C60H64N8O12. The molecule has 80 heavy (non-hydrogen) atoms. The van der Waals surface area contributed by atoms with E-state index >= 15 is 0 Å². The van der Waals surface area contributed by atoms with Crippen molar-refractivity contribution in [2.45, 2.75) is 89.9 Å². The van der Waals surface area contributed by atoms with Crippen LogP contribution in [0.2, 0.25) is 0 Å². The number of fused-ring (bicyclic) bond motifs is 4. The van der Waals surface area contributed by atoms with Crippen LogP contribution >= 0.6 is 0 Å². The molecule has 0 saturated carbocycles. The maximum Gasteiger partial charge on any atom is 0.260 e. The number of nitrogens with zero attached hydrogens (tertiary/aromatic N) is 5. The zero-order valence-electron chi connectivity index (χ0n) is 45.4. The summed E-state index contributed by atoms with van der Waals surface area (Å²) < 4.78 is 29.0. The highest BCUT2D eigenvalue weighted by molar-refractivity contribution is 6.13. The summed E-state index contributed by atoms with van der Waals surface area (Å²) in [7, 11) is 4.63. The number of anilines is 1. The summed E-state index contributed by atoms with van der Waals surface area (Å²) in [4.78, 5) is 107. The Morgan fingerprint density at radius 2 is 1.23 bits per heavy atom. The molecule has 0 radical (unpaired) electrons. The third kappa shape index (κ3) is 12.0. The molecule has 0 spiro atoms. The lowest BCUT2D eigenvalue weighted by atomic mass is 9.83. The number of carbonyl (C=O) groups excluding carboxylic acids is 7. The van der Waals surface area contributed by atoms with E-state index in [1.807, 2.05) is 50.4 Å². The number of ether oxygens (including phenoxy) is 5. The van der Waals surface area contributed by atoms with E-state index in [-0.39, 0.29) is 49.8 Å². The summed E-state index contributed by atoms with van der Waals surface area (Å²) >= 11 is 0. The van der Waals surface area contributed by atoms with Crippen LogP contribution in [0.5, 0.6) is 28.7 Å². The van der Waals surface area contributed by atoms with Crippen LogP contribution in [0.1, 0.15) is 97.6 Å². The number of nitrogens with one attached hydrogen (secondary N) is 2. The number of rotatable bonds is 23. The van der Waals surface area contributed by atoms with E-state index in [1.54, 1.807) is 84.9 Å². The van der Waals surface area contributed by atoms with Gasteiger partial charge in [-0.2, -0.15) is 0 Å². The number of unbranched alkanes of at least 4 members (excludes halogenated alkanes) is 1. The highest BCUT2D eigenvalue weighted by Gasteiger charge is 2.42. The lowest BCUT2D eigenvalue weighted by Crippen LogP contribution is -2.53. The highest BCUT2D eigenvalue weighted by atomic mass is 16.5. The van der Waals surface area contributed by atoms with E-state index in [0.717, 1.165) is 32.9 Å². The Morgan fingerprint density at radius 1 is 0.662 bits per heavy atom. The SMILES string of the molecule is COc1ccc(C2=CN3C(=O)c4cc(OC)c(OCCCOc5cc6c(cc5OC)C(=O)N5C=C(c7cccc(NC(=O)[C@H](C)NC(=O)[C@@H](C(C)C)C(CCCCC(N)=O)N8C(=O)C=CC8=O)c7)C[C@H]5C=N6)cc4N=C[C@@H]3C2)cc1. The van der Waals surface area contributed by atoms with E-state index in [0.29, 0.717) is 83.3 Å². The summed E-state index contributed by atoms with van der Waals surface area (Å²) in [6, 6.07) is 19.1. The number of amides is 7. The molecule has 4 aromatic rings. The Bertz CT molecular complexity index is 3260. The van der Waals surface area contributed by atoms with Crippen LogP contribution in [-0.2, 0) is 24.0 Å². The molecule has 0 fully saturated rings. The van der Waals surface area contributed by atoms with E-state index in [4.69, 9.17) is 39.4 Å². The van der Waals surface area contributed by atoms with E-state index in [1.165, 1.54) is 26.4 Å². The third-order valence-electron chi connectivity index (χ3n) is 14.7. The molecule has 1 unspecified atom stereocenters. The van der Waals surface area contributed by atoms with Crippen molar-refractivity contribution < 1.29 is 57.2 Å².